The van der Waals surface area contributed by atoms with Crippen LogP contribution in [-0.2, 0) is 4.43 Å². The first-order chi connectivity index (χ1) is 16.7. The molecule has 0 aliphatic carbocycles. The number of carbonyl (C=O) groups is 1. The van der Waals surface area contributed by atoms with Crippen molar-refractivity contribution in [3.05, 3.63) is 44.1 Å². The van der Waals surface area contributed by atoms with Crippen molar-refractivity contribution >= 4 is 32.5 Å². The third-order valence-corrected chi connectivity index (χ3v) is 29.4. The van der Waals surface area contributed by atoms with Gasteiger partial charge in [-0.3, -0.25) is 0 Å². The predicted molar refractivity (Wildman–Crippen MR) is 166 cm³/mol. The van der Waals surface area contributed by atoms with E-state index >= 15 is 0 Å². The van der Waals surface area contributed by atoms with Crippen molar-refractivity contribution in [2.24, 2.45) is 0 Å². The Morgan fingerprint density at radius 2 is 1.33 bits per heavy atom. The average Bonchev–Trinajstić information content (AvgIpc) is 2.76. The first-order valence-corrected chi connectivity index (χ1v) is 25.1. The molecule has 0 saturated carbocycles. The molecule has 2 nitrogen and oxygen atoms in total. The van der Waals surface area contributed by atoms with E-state index in [9.17, 15) is 4.79 Å². The van der Waals surface area contributed by atoms with Gasteiger partial charge in [0.1, 0.15) is 0 Å². The van der Waals surface area contributed by atoms with Crippen LogP contribution in [0.4, 0.5) is 0 Å². The zero-order valence-electron chi connectivity index (χ0n) is 25.8. The van der Waals surface area contributed by atoms with Crippen molar-refractivity contribution < 1.29 is 9.22 Å². The number of aryl methyl sites for hydroxylation is 3. The Morgan fingerprint density at radius 1 is 0.889 bits per heavy atom. The molecule has 0 aliphatic rings. The SMILES string of the molecule is CCC[CH2][Sn]([CH2]CCC)([CH2]CCC)/[C](=C/C(=O)c1c(C)cc(C)cc1C)CCO[Si](C)(C)C(C)(C)C. The normalized spacial score (nSPS) is 13.4. The molecule has 1 rings (SSSR count). The second-order valence-corrected chi connectivity index (χ2v) is 31.0. The summed E-state index contributed by atoms with van der Waals surface area (Å²) >= 11 is -2.77. The van der Waals surface area contributed by atoms with Gasteiger partial charge < -0.3 is 0 Å². The van der Waals surface area contributed by atoms with Crippen molar-refractivity contribution in [2.45, 2.75) is 139 Å². The molecular weight excluding hydrogens is 563 g/mol. The van der Waals surface area contributed by atoms with Gasteiger partial charge >= 0.3 is 231 Å². The molecule has 0 fully saturated rings. The van der Waals surface area contributed by atoms with Crippen LogP contribution in [-0.4, -0.2) is 39.1 Å². The monoisotopic (exact) mass is 622 g/mol. The van der Waals surface area contributed by atoms with Crippen LogP contribution >= 0.6 is 0 Å². The molecule has 36 heavy (non-hydrogen) atoms. The Balaban J connectivity index is 3.56. The second-order valence-electron chi connectivity index (χ2n) is 12.8. The van der Waals surface area contributed by atoms with Crippen LogP contribution in [0.2, 0.25) is 31.4 Å². The minimum absolute atomic E-state index is 0.204. The molecule has 206 valence electrons. The molecule has 0 aliphatic heterocycles. The second kappa shape index (κ2) is 15.3. The molecule has 0 aromatic heterocycles. The zero-order valence-corrected chi connectivity index (χ0v) is 29.7. The Hall–Kier alpha value is -0.394. The van der Waals surface area contributed by atoms with Crippen LogP contribution in [0.3, 0.4) is 0 Å². The maximum atomic E-state index is 13.9. The number of rotatable bonds is 16. The molecule has 1 aromatic carbocycles. The zero-order chi connectivity index (χ0) is 27.6. The summed E-state index contributed by atoms with van der Waals surface area (Å²) in [4.78, 5) is 13.9. The first kappa shape index (κ1) is 33.6. The van der Waals surface area contributed by atoms with Gasteiger partial charge in [-0.15, -0.1) is 0 Å². The summed E-state index contributed by atoms with van der Waals surface area (Å²) < 4.78 is 12.4. The van der Waals surface area contributed by atoms with Crippen molar-refractivity contribution in [3.8, 4) is 0 Å². The summed E-state index contributed by atoms with van der Waals surface area (Å²) in [7, 11) is -1.82. The molecule has 0 saturated heterocycles. The van der Waals surface area contributed by atoms with Crippen molar-refractivity contribution in [2.75, 3.05) is 6.61 Å². The van der Waals surface area contributed by atoms with Crippen molar-refractivity contribution in [1.29, 1.82) is 0 Å². The van der Waals surface area contributed by atoms with E-state index in [1.165, 1.54) is 57.4 Å². The van der Waals surface area contributed by atoms with Crippen LogP contribution in [0.25, 0.3) is 0 Å². The third kappa shape index (κ3) is 9.73. The van der Waals surface area contributed by atoms with E-state index in [1.54, 1.807) is 3.59 Å². The fourth-order valence-corrected chi connectivity index (χ4v) is 23.1. The summed E-state index contributed by atoms with van der Waals surface area (Å²) in [6, 6.07) is 4.33. The van der Waals surface area contributed by atoms with Gasteiger partial charge in [-0.2, -0.15) is 0 Å². The minimum atomic E-state index is -2.77. The molecule has 0 spiro atoms. The molecule has 4 heteroatoms. The summed E-state index contributed by atoms with van der Waals surface area (Å²) in [6.45, 7) is 25.7. The molecule has 0 radical (unpaired) electrons. The molecule has 1 aromatic rings. The fraction of sp³-hybridized carbons (Fsp3) is 0.719. The number of hydrogen-bond donors (Lipinski definition) is 0. The maximum absolute atomic E-state index is 13.9. The van der Waals surface area contributed by atoms with Gasteiger partial charge in [-0.25, -0.2) is 0 Å². The number of allylic oxidation sites excluding steroid dienone is 1. The predicted octanol–water partition coefficient (Wildman–Crippen LogP) is 10.5. The summed E-state index contributed by atoms with van der Waals surface area (Å²) in [5, 5.41) is 0.204. The van der Waals surface area contributed by atoms with Gasteiger partial charge in [0.15, 0.2) is 0 Å². The Kier molecular flexibility index (Phi) is 14.3. The first-order valence-electron chi connectivity index (χ1n) is 14.7. The topological polar surface area (TPSA) is 26.3 Å². The van der Waals surface area contributed by atoms with E-state index in [-0.39, 0.29) is 10.8 Å². The quantitative estimate of drug-likeness (QED) is 0.104. The summed E-state index contributed by atoms with van der Waals surface area (Å²) in [6.07, 6.45) is 10.8. The van der Waals surface area contributed by atoms with E-state index in [0.717, 1.165) is 29.7 Å². The van der Waals surface area contributed by atoms with Gasteiger partial charge in [0.25, 0.3) is 0 Å². The summed E-state index contributed by atoms with van der Waals surface area (Å²) in [5.74, 6) is 0.234. The van der Waals surface area contributed by atoms with Crippen molar-refractivity contribution in [1.82, 2.24) is 0 Å². The Bertz CT molecular complexity index is 819. The summed E-state index contributed by atoms with van der Waals surface area (Å²) in [5.41, 5.74) is 4.38. The van der Waals surface area contributed by atoms with E-state index in [4.69, 9.17) is 4.43 Å². The van der Waals surface area contributed by atoms with E-state index in [2.05, 4.69) is 93.6 Å². The number of unbranched alkanes of at least 4 members (excludes halogenated alkanes) is 3. The molecule has 0 unspecified atom stereocenters. The Labute approximate surface area is 230 Å². The van der Waals surface area contributed by atoms with Crippen molar-refractivity contribution in [3.63, 3.8) is 0 Å². The standard InChI is InChI=1S/C20H31O2Si.3C4H9.Sn/c1-15-13-16(2)19(17(3)14-15)18(21)11-9-10-12-22-23(7,8)20(4,5)6;3*1-3-4-2;/h11,13-14H,10,12H2,1-8H3;3*1,3-4H2,2H3;. The molecule has 0 atom stereocenters. The van der Waals surface area contributed by atoms with Crippen LogP contribution in [0, 0.1) is 20.8 Å². The number of benzene rings is 1. The Morgan fingerprint density at radius 3 is 1.72 bits per heavy atom. The fourth-order valence-electron chi connectivity index (χ4n) is 5.32. The van der Waals surface area contributed by atoms with Crippen LogP contribution in [0.15, 0.2) is 21.8 Å². The molecule has 0 amide bonds. The van der Waals surface area contributed by atoms with Gasteiger partial charge in [0.2, 0.25) is 0 Å². The van der Waals surface area contributed by atoms with Gasteiger partial charge in [-0.05, 0) is 0 Å². The molecule has 0 bridgehead atoms. The van der Waals surface area contributed by atoms with Gasteiger partial charge in [0, 0.05) is 0 Å². The number of ketones is 1. The van der Waals surface area contributed by atoms with Crippen LogP contribution in [0.1, 0.15) is 114 Å². The molecular formula is C32H58O2SiSn. The van der Waals surface area contributed by atoms with Crippen LogP contribution < -0.4 is 0 Å². The number of carbonyl (C=O) groups excluding carboxylic acids is 1. The van der Waals surface area contributed by atoms with E-state index in [1.807, 2.05) is 0 Å². The van der Waals surface area contributed by atoms with Crippen LogP contribution in [0.5, 0.6) is 0 Å². The van der Waals surface area contributed by atoms with Gasteiger partial charge in [0.05, 0.1) is 0 Å². The average molecular weight is 622 g/mol. The van der Waals surface area contributed by atoms with E-state index < -0.39 is 26.7 Å². The molecule has 0 heterocycles. The number of hydrogen-bond acceptors (Lipinski definition) is 2. The third-order valence-electron chi connectivity index (χ3n) is 8.58. The van der Waals surface area contributed by atoms with Gasteiger partial charge in [-0.1, -0.05) is 0 Å². The molecule has 0 N–H and O–H groups in total. The van der Waals surface area contributed by atoms with E-state index in [0.29, 0.717) is 0 Å².